The number of amides is 1. The molecule has 0 saturated carbocycles. The fraction of sp³-hybridized carbons (Fsp3) is 0.533. The van der Waals surface area contributed by atoms with Gasteiger partial charge in [-0.3, -0.25) is 4.79 Å². The molecule has 1 aromatic carbocycles. The van der Waals surface area contributed by atoms with Crippen molar-refractivity contribution in [1.29, 1.82) is 0 Å². The molecule has 1 rings (SSSR count). The normalized spacial score (nSPS) is 13.1. The van der Waals surface area contributed by atoms with Crippen LogP contribution in [0.25, 0.3) is 0 Å². The molecule has 0 saturated heterocycles. The second-order valence-corrected chi connectivity index (χ2v) is 8.01. The van der Waals surface area contributed by atoms with Gasteiger partial charge in [-0.2, -0.15) is 4.72 Å². The molecule has 0 heterocycles. The summed E-state index contributed by atoms with van der Waals surface area (Å²) in [5.74, 6) is -0.429. The molecule has 0 aliphatic heterocycles. The maximum Gasteiger partial charge on any atom is 0.242 e. The molecule has 0 radical (unpaired) electrons. The van der Waals surface area contributed by atoms with Crippen LogP contribution in [-0.2, 0) is 19.6 Å². The third-order valence-corrected chi connectivity index (χ3v) is 5.24. The van der Waals surface area contributed by atoms with Crippen molar-refractivity contribution in [2.24, 2.45) is 0 Å². The molecule has 9 heteroatoms. The first-order valence-electron chi connectivity index (χ1n) is 7.50. The fourth-order valence-electron chi connectivity index (χ4n) is 1.79. The quantitative estimate of drug-likeness (QED) is 0.628. The molecular weight excluding hydrogens is 375 g/mol. The van der Waals surface area contributed by atoms with Gasteiger partial charge in [-0.25, -0.2) is 8.42 Å². The Morgan fingerprint density at radius 3 is 2.54 bits per heavy atom. The highest BCUT2D eigenvalue weighted by atomic mass is 35.5. The Bertz CT molecular complexity index is 665. The van der Waals surface area contributed by atoms with Gasteiger partial charge in [-0.1, -0.05) is 23.2 Å². The molecule has 0 aromatic heterocycles. The van der Waals surface area contributed by atoms with E-state index in [2.05, 4.69) is 10.0 Å². The molecule has 2 N–H and O–H groups in total. The van der Waals surface area contributed by atoms with E-state index in [1.54, 1.807) is 0 Å². The highest BCUT2D eigenvalue weighted by Crippen LogP contribution is 2.24. The lowest BCUT2D eigenvalue weighted by atomic mass is 10.3. The van der Waals surface area contributed by atoms with Gasteiger partial charge in [-0.15, -0.1) is 0 Å². The fourth-order valence-corrected chi connectivity index (χ4v) is 3.75. The van der Waals surface area contributed by atoms with E-state index < -0.39 is 22.0 Å². The van der Waals surface area contributed by atoms with Crippen molar-refractivity contribution in [3.63, 3.8) is 0 Å². The summed E-state index contributed by atoms with van der Waals surface area (Å²) in [5.41, 5.74) is 0. The zero-order chi connectivity index (χ0) is 18.3. The number of nitrogens with one attached hydrogen (secondary N) is 2. The van der Waals surface area contributed by atoms with Gasteiger partial charge < -0.3 is 10.1 Å². The summed E-state index contributed by atoms with van der Waals surface area (Å²) >= 11 is 11.7. The zero-order valence-corrected chi connectivity index (χ0v) is 16.1. The van der Waals surface area contributed by atoms with Crippen LogP contribution in [0.15, 0.2) is 23.1 Å². The lowest BCUT2D eigenvalue weighted by molar-refractivity contribution is -0.122. The van der Waals surface area contributed by atoms with Crippen molar-refractivity contribution in [3.05, 3.63) is 28.2 Å². The highest BCUT2D eigenvalue weighted by Gasteiger charge is 2.24. The average molecular weight is 397 g/mol. The van der Waals surface area contributed by atoms with Gasteiger partial charge in [0.05, 0.1) is 17.2 Å². The predicted molar refractivity (Wildman–Crippen MR) is 95.0 cm³/mol. The maximum atomic E-state index is 12.3. The van der Waals surface area contributed by atoms with Crippen LogP contribution in [0.1, 0.15) is 27.2 Å². The van der Waals surface area contributed by atoms with Gasteiger partial charge >= 0.3 is 0 Å². The topological polar surface area (TPSA) is 84.5 Å². The van der Waals surface area contributed by atoms with Crippen LogP contribution in [0.4, 0.5) is 0 Å². The summed E-state index contributed by atoms with van der Waals surface area (Å²) in [5, 5.41) is 2.92. The first-order valence-corrected chi connectivity index (χ1v) is 9.74. The van der Waals surface area contributed by atoms with Crippen LogP contribution in [0, 0.1) is 0 Å². The summed E-state index contributed by atoms with van der Waals surface area (Å²) in [6.45, 7) is 6.23. The first kappa shape index (κ1) is 21.2. The Morgan fingerprint density at radius 1 is 1.25 bits per heavy atom. The van der Waals surface area contributed by atoms with Crippen molar-refractivity contribution >= 4 is 39.1 Å². The van der Waals surface area contributed by atoms with E-state index in [1.165, 1.54) is 25.1 Å². The Morgan fingerprint density at radius 2 is 1.92 bits per heavy atom. The molecule has 1 atom stereocenters. The molecule has 0 aliphatic carbocycles. The van der Waals surface area contributed by atoms with Gasteiger partial charge in [0.15, 0.2) is 0 Å². The van der Waals surface area contributed by atoms with Crippen molar-refractivity contribution in [3.8, 4) is 0 Å². The Balaban J connectivity index is 2.57. The van der Waals surface area contributed by atoms with Crippen LogP contribution in [-0.4, -0.2) is 39.6 Å². The lowest BCUT2D eigenvalue weighted by Gasteiger charge is -2.15. The van der Waals surface area contributed by atoms with Crippen LogP contribution in [0.5, 0.6) is 0 Å². The van der Waals surface area contributed by atoms with E-state index in [1.807, 2.05) is 13.8 Å². The zero-order valence-electron chi connectivity index (χ0n) is 13.8. The molecule has 24 heavy (non-hydrogen) atoms. The minimum Gasteiger partial charge on any atom is -0.379 e. The lowest BCUT2D eigenvalue weighted by Crippen LogP contribution is -2.45. The number of rotatable bonds is 9. The standard InChI is InChI=1S/C15H22Cl2N2O4S/c1-10(2)23-8-4-7-18-15(20)11(3)19-24(21,22)14-9-12(16)5-6-13(14)17/h5-6,9-11,19H,4,7-8H2,1-3H3,(H,18,20)/t11-/m1/s1. The summed E-state index contributed by atoms with van der Waals surface area (Å²) in [7, 11) is -3.96. The number of halogens is 2. The molecule has 0 spiro atoms. The van der Waals surface area contributed by atoms with E-state index in [9.17, 15) is 13.2 Å². The number of carbonyl (C=O) groups excluding carboxylic acids is 1. The second-order valence-electron chi connectivity index (χ2n) is 5.48. The second kappa shape index (κ2) is 9.58. The molecule has 136 valence electrons. The minimum absolute atomic E-state index is 0.0327. The van der Waals surface area contributed by atoms with E-state index in [4.69, 9.17) is 27.9 Å². The molecular formula is C15H22Cl2N2O4S. The molecule has 1 aromatic rings. The average Bonchev–Trinajstić information content (AvgIpc) is 2.48. The Kier molecular flexibility index (Phi) is 8.45. The van der Waals surface area contributed by atoms with Crippen molar-refractivity contribution in [1.82, 2.24) is 10.0 Å². The van der Waals surface area contributed by atoms with E-state index in [-0.39, 0.29) is 21.0 Å². The number of ether oxygens (including phenoxy) is 1. The predicted octanol–water partition coefficient (Wildman–Crippen LogP) is 2.59. The van der Waals surface area contributed by atoms with E-state index in [0.717, 1.165) is 0 Å². The minimum atomic E-state index is -3.96. The third kappa shape index (κ3) is 6.94. The van der Waals surface area contributed by atoms with E-state index in [0.29, 0.717) is 19.6 Å². The molecule has 0 bridgehead atoms. The van der Waals surface area contributed by atoms with Crippen LogP contribution in [0.2, 0.25) is 10.0 Å². The molecule has 0 unspecified atom stereocenters. The number of hydrogen-bond donors (Lipinski definition) is 2. The summed E-state index contributed by atoms with van der Waals surface area (Å²) in [6, 6.07) is 3.16. The molecule has 0 fully saturated rings. The monoisotopic (exact) mass is 396 g/mol. The molecule has 0 aliphatic rings. The van der Waals surface area contributed by atoms with Crippen LogP contribution < -0.4 is 10.0 Å². The van der Waals surface area contributed by atoms with Crippen molar-refractivity contribution < 1.29 is 17.9 Å². The van der Waals surface area contributed by atoms with Gasteiger partial charge in [0.25, 0.3) is 0 Å². The van der Waals surface area contributed by atoms with Gasteiger partial charge in [0, 0.05) is 18.2 Å². The number of carbonyl (C=O) groups is 1. The van der Waals surface area contributed by atoms with Gasteiger partial charge in [-0.05, 0) is 45.4 Å². The summed E-state index contributed by atoms with van der Waals surface area (Å²) in [6.07, 6.45) is 0.776. The SMILES string of the molecule is CC(C)OCCCNC(=O)[C@@H](C)NS(=O)(=O)c1cc(Cl)ccc1Cl. The summed E-state index contributed by atoms with van der Waals surface area (Å²) in [4.78, 5) is 11.8. The smallest absolute Gasteiger partial charge is 0.242 e. The van der Waals surface area contributed by atoms with E-state index >= 15 is 0 Å². The Labute approximate surface area is 152 Å². The van der Waals surface area contributed by atoms with Gasteiger partial charge in [0.2, 0.25) is 15.9 Å². The number of sulfonamides is 1. The molecule has 6 nitrogen and oxygen atoms in total. The summed E-state index contributed by atoms with van der Waals surface area (Å²) < 4.78 is 32.3. The third-order valence-electron chi connectivity index (χ3n) is 2.98. The maximum absolute atomic E-state index is 12.3. The number of benzene rings is 1. The van der Waals surface area contributed by atoms with Crippen LogP contribution >= 0.6 is 23.2 Å². The Hall–Kier alpha value is -0.860. The highest BCUT2D eigenvalue weighted by molar-refractivity contribution is 7.89. The first-order chi connectivity index (χ1) is 11.1. The van der Waals surface area contributed by atoms with Crippen molar-refractivity contribution in [2.75, 3.05) is 13.2 Å². The van der Waals surface area contributed by atoms with Crippen molar-refractivity contribution in [2.45, 2.75) is 44.2 Å². The van der Waals surface area contributed by atoms with Crippen LogP contribution in [0.3, 0.4) is 0 Å². The molecule has 1 amide bonds. The largest absolute Gasteiger partial charge is 0.379 e. The van der Waals surface area contributed by atoms with Gasteiger partial charge in [0.1, 0.15) is 4.90 Å². The number of hydrogen-bond acceptors (Lipinski definition) is 4.